The van der Waals surface area contributed by atoms with Crippen LogP contribution in [-0.4, -0.2) is 35.0 Å². The summed E-state index contributed by atoms with van der Waals surface area (Å²) in [4.78, 5) is 13.3. The van der Waals surface area contributed by atoms with Crippen molar-refractivity contribution < 1.29 is 13.2 Å². The number of rotatable bonds is 3. The molecular formula is C19H19N3O3S2. The van der Waals surface area contributed by atoms with Crippen molar-refractivity contribution in [3.8, 4) is 0 Å². The number of aromatic nitrogens is 2. The van der Waals surface area contributed by atoms with Crippen LogP contribution in [0.3, 0.4) is 0 Å². The first-order chi connectivity index (χ1) is 12.9. The van der Waals surface area contributed by atoms with E-state index in [-0.39, 0.29) is 10.8 Å². The second kappa shape index (κ2) is 6.70. The van der Waals surface area contributed by atoms with Crippen LogP contribution in [0.4, 0.5) is 0 Å². The molecule has 0 saturated heterocycles. The molecule has 0 atom stereocenters. The highest BCUT2D eigenvalue weighted by molar-refractivity contribution is 7.89. The van der Waals surface area contributed by atoms with Crippen LogP contribution in [0.5, 0.6) is 0 Å². The molecule has 6 nitrogen and oxygen atoms in total. The number of hydrogen-bond donors (Lipinski definition) is 0. The van der Waals surface area contributed by atoms with Crippen molar-refractivity contribution in [1.82, 2.24) is 14.1 Å². The molecule has 3 heterocycles. The molecule has 0 aliphatic carbocycles. The Morgan fingerprint density at radius 3 is 2.56 bits per heavy atom. The van der Waals surface area contributed by atoms with E-state index in [1.807, 2.05) is 29.6 Å². The lowest BCUT2D eigenvalue weighted by Gasteiger charge is -2.28. The molecule has 0 fully saturated rings. The van der Waals surface area contributed by atoms with Crippen molar-refractivity contribution in [2.45, 2.75) is 31.7 Å². The van der Waals surface area contributed by atoms with Gasteiger partial charge in [0.05, 0.1) is 16.3 Å². The van der Waals surface area contributed by atoms with Gasteiger partial charge in [0.1, 0.15) is 4.90 Å². The Morgan fingerprint density at radius 2 is 1.85 bits per heavy atom. The zero-order chi connectivity index (χ0) is 19.2. The Kier molecular flexibility index (Phi) is 4.49. The van der Waals surface area contributed by atoms with Gasteiger partial charge in [0.15, 0.2) is 0 Å². The third-order valence-corrected chi connectivity index (χ3v) is 7.80. The topological polar surface area (TPSA) is 72.3 Å². The average molecular weight is 402 g/mol. The molecule has 140 valence electrons. The van der Waals surface area contributed by atoms with Crippen molar-refractivity contribution >= 4 is 27.3 Å². The third-order valence-electron chi connectivity index (χ3n) is 4.84. The summed E-state index contributed by atoms with van der Waals surface area (Å²) < 4.78 is 29.3. The Morgan fingerprint density at radius 1 is 1.11 bits per heavy atom. The van der Waals surface area contributed by atoms with Gasteiger partial charge in [-0.15, -0.1) is 11.3 Å². The van der Waals surface area contributed by atoms with Crippen LogP contribution < -0.4 is 0 Å². The first-order valence-electron chi connectivity index (χ1n) is 8.61. The second-order valence-corrected chi connectivity index (χ2v) is 9.37. The van der Waals surface area contributed by atoms with Crippen LogP contribution in [0.2, 0.25) is 0 Å². The largest absolute Gasteiger partial charge is 0.288 e. The van der Waals surface area contributed by atoms with Crippen molar-refractivity contribution in [2.75, 3.05) is 6.54 Å². The maximum absolute atomic E-state index is 13.3. The van der Waals surface area contributed by atoms with Gasteiger partial charge in [-0.1, -0.05) is 30.3 Å². The van der Waals surface area contributed by atoms with Crippen LogP contribution in [0.15, 0.2) is 46.7 Å². The first-order valence-corrected chi connectivity index (χ1v) is 10.9. The van der Waals surface area contributed by atoms with E-state index in [0.717, 1.165) is 5.56 Å². The van der Waals surface area contributed by atoms with E-state index in [2.05, 4.69) is 5.10 Å². The average Bonchev–Trinajstić information content (AvgIpc) is 3.29. The highest BCUT2D eigenvalue weighted by Crippen LogP contribution is 2.29. The van der Waals surface area contributed by atoms with Gasteiger partial charge in [-0.25, -0.2) is 8.42 Å². The van der Waals surface area contributed by atoms with E-state index >= 15 is 0 Å². The predicted octanol–water partition coefficient (Wildman–Crippen LogP) is 3.00. The number of carbonyl (C=O) groups excluding carboxylic acids is 1. The minimum atomic E-state index is -3.75. The molecule has 3 aromatic rings. The van der Waals surface area contributed by atoms with Gasteiger partial charge in [-0.2, -0.15) is 14.1 Å². The van der Waals surface area contributed by atoms with Gasteiger partial charge in [-0.05, 0) is 42.8 Å². The van der Waals surface area contributed by atoms with E-state index in [0.29, 0.717) is 35.8 Å². The fraction of sp³-hybridized carbons (Fsp3) is 0.263. The first kappa shape index (κ1) is 18.1. The summed E-state index contributed by atoms with van der Waals surface area (Å²) in [7, 11) is -3.75. The summed E-state index contributed by atoms with van der Waals surface area (Å²) in [6.45, 7) is 4.02. The van der Waals surface area contributed by atoms with E-state index in [9.17, 15) is 13.2 Å². The third kappa shape index (κ3) is 3.03. The minimum Gasteiger partial charge on any atom is -0.266 e. The summed E-state index contributed by atoms with van der Waals surface area (Å²) in [6.07, 6.45) is 0.676. The fourth-order valence-corrected chi connectivity index (χ4v) is 5.93. The summed E-state index contributed by atoms with van der Waals surface area (Å²) >= 11 is 1.31. The Balaban J connectivity index is 1.72. The second-order valence-electron chi connectivity index (χ2n) is 6.55. The molecule has 27 heavy (non-hydrogen) atoms. The molecule has 4 rings (SSSR count). The molecule has 0 spiro atoms. The SMILES string of the molecule is Cc1nn(C(=O)c2cccs2)c(C)c1S(=O)(=O)N1CCc2ccccc2C1. The summed E-state index contributed by atoms with van der Waals surface area (Å²) in [5.41, 5.74) is 2.90. The number of thiophene rings is 1. The molecule has 2 aromatic heterocycles. The highest BCUT2D eigenvalue weighted by atomic mass is 32.2. The monoisotopic (exact) mass is 401 g/mol. The van der Waals surface area contributed by atoms with E-state index in [1.54, 1.807) is 26.0 Å². The van der Waals surface area contributed by atoms with Crippen LogP contribution in [0.25, 0.3) is 0 Å². The zero-order valence-electron chi connectivity index (χ0n) is 15.0. The molecule has 1 aliphatic rings. The van der Waals surface area contributed by atoms with Crippen LogP contribution >= 0.6 is 11.3 Å². The van der Waals surface area contributed by atoms with Crippen LogP contribution in [-0.2, 0) is 23.0 Å². The zero-order valence-corrected chi connectivity index (χ0v) is 16.7. The summed E-state index contributed by atoms with van der Waals surface area (Å²) in [6, 6.07) is 11.4. The Hall–Kier alpha value is -2.29. The lowest BCUT2D eigenvalue weighted by Crippen LogP contribution is -2.36. The smallest absolute Gasteiger partial charge is 0.266 e. The van der Waals surface area contributed by atoms with Crippen molar-refractivity contribution in [2.24, 2.45) is 0 Å². The Labute approximate surface area is 162 Å². The van der Waals surface area contributed by atoms with Gasteiger partial charge < -0.3 is 0 Å². The summed E-state index contributed by atoms with van der Waals surface area (Å²) in [5.74, 6) is -0.309. The van der Waals surface area contributed by atoms with Crippen molar-refractivity contribution in [1.29, 1.82) is 0 Å². The molecule has 8 heteroatoms. The molecule has 0 unspecified atom stereocenters. The maximum atomic E-state index is 13.3. The van der Waals surface area contributed by atoms with E-state index in [4.69, 9.17) is 0 Å². The molecular weight excluding hydrogens is 382 g/mol. The number of hydrogen-bond acceptors (Lipinski definition) is 5. The lowest BCUT2D eigenvalue weighted by atomic mass is 10.0. The van der Waals surface area contributed by atoms with E-state index < -0.39 is 10.0 Å². The lowest BCUT2D eigenvalue weighted by molar-refractivity contribution is 0.0946. The number of benzene rings is 1. The summed E-state index contributed by atoms with van der Waals surface area (Å²) in [5, 5.41) is 6.05. The van der Waals surface area contributed by atoms with Crippen LogP contribution in [0.1, 0.15) is 32.2 Å². The molecule has 0 saturated carbocycles. The molecule has 0 bridgehead atoms. The number of carbonyl (C=O) groups is 1. The van der Waals surface area contributed by atoms with Gasteiger partial charge in [0.25, 0.3) is 5.91 Å². The predicted molar refractivity (Wildman–Crippen MR) is 103 cm³/mol. The van der Waals surface area contributed by atoms with Gasteiger partial charge in [0, 0.05) is 13.1 Å². The van der Waals surface area contributed by atoms with E-state index in [1.165, 1.54) is 25.9 Å². The molecule has 1 aliphatic heterocycles. The number of aryl methyl sites for hydroxylation is 1. The van der Waals surface area contributed by atoms with Crippen molar-refractivity contribution in [3.05, 3.63) is 69.2 Å². The van der Waals surface area contributed by atoms with Gasteiger partial charge in [-0.3, -0.25) is 4.79 Å². The van der Waals surface area contributed by atoms with Gasteiger partial charge in [0.2, 0.25) is 10.0 Å². The Bertz CT molecular complexity index is 1120. The normalized spacial score (nSPS) is 14.9. The number of fused-ring (bicyclic) bond motifs is 1. The number of sulfonamides is 1. The van der Waals surface area contributed by atoms with Gasteiger partial charge >= 0.3 is 0 Å². The minimum absolute atomic E-state index is 0.131. The highest BCUT2D eigenvalue weighted by Gasteiger charge is 2.34. The van der Waals surface area contributed by atoms with Crippen LogP contribution in [0, 0.1) is 13.8 Å². The molecule has 0 amide bonds. The molecule has 1 aromatic carbocycles. The molecule has 0 N–H and O–H groups in total. The number of nitrogens with zero attached hydrogens (tertiary/aromatic N) is 3. The van der Waals surface area contributed by atoms with Crippen molar-refractivity contribution in [3.63, 3.8) is 0 Å². The fourth-order valence-electron chi connectivity index (χ4n) is 3.51. The molecule has 0 radical (unpaired) electrons. The standard InChI is InChI=1S/C19H19N3O3S2/c1-13-18(14(2)22(20-13)19(23)17-8-5-11-26-17)27(24,25)21-10-9-15-6-3-4-7-16(15)12-21/h3-8,11H,9-10,12H2,1-2H3. The quantitative estimate of drug-likeness (QED) is 0.676. The maximum Gasteiger partial charge on any atom is 0.288 e.